The number of hydrogen-bond acceptors (Lipinski definition) is 0. The second-order valence-electron chi connectivity index (χ2n) is 7.23. The molecule has 4 aromatic carbocycles. The summed E-state index contributed by atoms with van der Waals surface area (Å²) < 4.78 is 28.4. The fourth-order valence-electron chi connectivity index (χ4n) is 2.98. The zero-order chi connectivity index (χ0) is 23.8. The van der Waals surface area contributed by atoms with Gasteiger partial charge in [0.15, 0.2) is 0 Å². The Hall–Kier alpha value is -5.02. The van der Waals surface area contributed by atoms with Crippen molar-refractivity contribution in [2.45, 2.75) is 0 Å². The highest BCUT2D eigenvalue weighted by molar-refractivity contribution is 5.51. The van der Waals surface area contributed by atoms with Crippen LogP contribution in [0.5, 0.6) is 0 Å². The van der Waals surface area contributed by atoms with Gasteiger partial charge in [-0.3, -0.25) is 0 Å². The second-order valence-corrected chi connectivity index (χ2v) is 7.23. The van der Waals surface area contributed by atoms with E-state index in [1.807, 2.05) is 42.5 Å². The summed E-state index contributed by atoms with van der Waals surface area (Å²) in [6.45, 7) is 0. The van der Waals surface area contributed by atoms with Crippen LogP contribution in [0.1, 0.15) is 38.9 Å². The van der Waals surface area contributed by atoms with Crippen LogP contribution in [0.3, 0.4) is 0 Å². The standard InChI is InChI=1S/C32H16F2/c1-2-24-14-18-29(31(33)22-24)20-16-27-10-8-26(9-11-27)12-13-28-17-21-30(32(34)23-28)19-15-25-6-4-3-5-7-25/h1,3-11,14,17-18,21-23H. The van der Waals surface area contributed by atoms with Gasteiger partial charge in [0.1, 0.15) is 11.6 Å². The predicted octanol–water partition coefficient (Wildman–Crippen LogP) is 6.15. The summed E-state index contributed by atoms with van der Waals surface area (Å²) in [5.41, 5.74) is 3.93. The molecule has 0 spiro atoms. The lowest BCUT2D eigenvalue weighted by molar-refractivity contribution is 0.623. The molecule has 0 saturated heterocycles. The molecule has 34 heavy (non-hydrogen) atoms. The van der Waals surface area contributed by atoms with Crippen LogP contribution in [-0.4, -0.2) is 0 Å². The smallest absolute Gasteiger partial charge is 0.140 e. The zero-order valence-corrected chi connectivity index (χ0v) is 18.0. The first-order chi connectivity index (χ1) is 16.6. The van der Waals surface area contributed by atoms with Gasteiger partial charge >= 0.3 is 0 Å². The molecule has 4 rings (SSSR count). The van der Waals surface area contributed by atoms with Crippen molar-refractivity contribution in [3.63, 3.8) is 0 Å². The van der Waals surface area contributed by atoms with Gasteiger partial charge in [-0.1, -0.05) is 59.6 Å². The average Bonchev–Trinajstić information content (AvgIpc) is 2.87. The summed E-state index contributed by atoms with van der Waals surface area (Å²) in [6.07, 6.45) is 5.27. The van der Waals surface area contributed by atoms with Gasteiger partial charge in [0.05, 0.1) is 11.1 Å². The molecule has 0 aliphatic carbocycles. The fourth-order valence-corrected chi connectivity index (χ4v) is 2.98. The molecule has 0 bridgehead atoms. The Morgan fingerprint density at radius 2 is 0.853 bits per heavy atom. The van der Waals surface area contributed by atoms with E-state index < -0.39 is 11.6 Å². The number of rotatable bonds is 0. The van der Waals surface area contributed by atoms with Crippen LogP contribution in [0.4, 0.5) is 8.78 Å². The molecule has 0 radical (unpaired) electrons. The summed E-state index contributed by atoms with van der Waals surface area (Å²) in [6, 6.07) is 25.9. The van der Waals surface area contributed by atoms with E-state index in [0.29, 0.717) is 16.7 Å². The first kappa shape index (κ1) is 22.2. The van der Waals surface area contributed by atoms with E-state index in [-0.39, 0.29) is 5.56 Å². The predicted molar refractivity (Wildman–Crippen MR) is 132 cm³/mol. The van der Waals surface area contributed by atoms with Gasteiger partial charge in [-0.2, -0.15) is 0 Å². The van der Waals surface area contributed by atoms with Crippen LogP contribution >= 0.6 is 0 Å². The van der Waals surface area contributed by atoms with Crippen molar-refractivity contribution in [1.29, 1.82) is 0 Å². The maximum Gasteiger partial charge on any atom is 0.140 e. The topological polar surface area (TPSA) is 0 Å². The Morgan fingerprint density at radius 3 is 1.38 bits per heavy atom. The molecule has 0 aliphatic heterocycles. The minimum atomic E-state index is -0.449. The second kappa shape index (κ2) is 10.5. The molecule has 2 heteroatoms. The maximum absolute atomic E-state index is 14.4. The van der Waals surface area contributed by atoms with Crippen LogP contribution < -0.4 is 0 Å². The highest BCUT2D eigenvalue weighted by Crippen LogP contribution is 2.11. The third kappa shape index (κ3) is 5.81. The van der Waals surface area contributed by atoms with Crippen LogP contribution in [0.2, 0.25) is 0 Å². The van der Waals surface area contributed by atoms with Gasteiger partial charge in [-0.25, -0.2) is 8.78 Å². The van der Waals surface area contributed by atoms with Gasteiger partial charge in [0.25, 0.3) is 0 Å². The monoisotopic (exact) mass is 438 g/mol. The van der Waals surface area contributed by atoms with E-state index in [2.05, 4.69) is 41.4 Å². The Morgan fingerprint density at radius 1 is 0.441 bits per heavy atom. The number of terminal acetylenes is 1. The Balaban J connectivity index is 1.46. The summed E-state index contributed by atoms with van der Waals surface area (Å²) in [5, 5.41) is 0. The van der Waals surface area contributed by atoms with Crippen LogP contribution in [0.15, 0.2) is 91.0 Å². The van der Waals surface area contributed by atoms with Crippen LogP contribution in [-0.2, 0) is 0 Å². The zero-order valence-electron chi connectivity index (χ0n) is 18.0. The van der Waals surface area contributed by atoms with E-state index in [0.717, 1.165) is 16.7 Å². The number of halogens is 2. The van der Waals surface area contributed by atoms with Crippen molar-refractivity contribution in [3.05, 3.63) is 142 Å². The molecule has 0 unspecified atom stereocenters. The van der Waals surface area contributed by atoms with E-state index >= 15 is 0 Å². The minimum Gasteiger partial charge on any atom is -0.206 e. The minimum absolute atomic E-state index is 0.279. The lowest BCUT2D eigenvalue weighted by atomic mass is 10.1. The summed E-state index contributed by atoms with van der Waals surface area (Å²) in [5.74, 6) is 19.0. The molecule has 0 aliphatic rings. The third-order valence-corrected chi connectivity index (χ3v) is 4.80. The van der Waals surface area contributed by atoms with Gasteiger partial charge in [-0.15, -0.1) is 6.42 Å². The first-order valence-electron chi connectivity index (χ1n) is 10.4. The van der Waals surface area contributed by atoms with Crippen molar-refractivity contribution in [3.8, 4) is 47.9 Å². The maximum atomic E-state index is 14.4. The van der Waals surface area contributed by atoms with Gasteiger partial charge < -0.3 is 0 Å². The van der Waals surface area contributed by atoms with Crippen molar-refractivity contribution >= 4 is 0 Å². The Labute approximate surface area is 198 Å². The summed E-state index contributed by atoms with van der Waals surface area (Å²) >= 11 is 0. The van der Waals surface area contributed by atoms with E-state index in [1.54, 1.807) is 36.4 Å². The molecule has 0 fully saturated rings. The van der Waals surface area contributed by atoms with Crippen molar-refractivity contribution in [2.24, 2.45) is 0 Å². The molecule has 4 aromatic rings. The van der Waals surface area contributed by atoms with Gasteiger partial charge in [0.2, 0.25) is 0 Å². The Kier molecular flexibility index (Phi) is 6.87. The fraction of sp³-hybridized carbons (Fsp3) is 0. The lowest BCUT2D eigenvalue weighted by Gasteiger charge is -1.97. The number of hydrogen-bond donors (Lipinski definition) is 0. The molecule has 0 amide bonds. The van der Waals surface area contributed by atoms with Gasteiger partial charge in [0, 0.05) is 27.8 Å². The van der Waals surface area contributed by atoms with Crippen molar-refractivity contribution in [2.75, 3.05) is 0 Å². The summed E-state index contributed by atoms with van der Waals surface area (Å²) in [7, 11) is 0. The highest BCUT2D eigenvalue weighted by Gasteiger charge is 2.01. The molecule has 0 nitrogen and oxygen atoms in total. The molecule has 0 N–H and O–H groups in total. The molecule has 0 aromatic heterocycles. The largest absolute Gasteiger partial charge is 0.206 e. The summed E-state index contributed by atoms with van der Waals surface area (Å²) in [4.78, 5) is 0. The third-order valence-electron chi connectivity index (χ3n) is 4.80. The highest BCUT2D eigenvalue weighted by atomic mass is 19.1. The first-order valence-corrected chi connectivity index (χ1v) is 10.4. The average molecular weight is 438 g/mol. The SMILES string of the molecule is C#Cc1ccc(C#Cc2ccc(C#Cc3ccc(C#Cc4ccccc4)c(F)c3)cc2)c(F)c1. The van der Waals surface area contributed by atoms with Crippen molar-refractivity contribution in [1.82, 2.24) is 0 Å². The van der Waals surface area contributed by atoms with E-state index in [9.17, 15) is 8.78 Å². The van der Waals surface area contributed by atoms with Crippen LogP contribution in [0.25, 0.3) is 0 Å². The van der Waals surface area contributed by atoms with Crippen molar-refractivity contribution < 1.29 is 8.78 Å². The molecular weight excluding hydrogens is 422 g/mol. The Bertz CT molecular complexity index is 1570. The molecule has 0 saturated carbocycles. The molecule has 0 atom stereocenters. The number of benzene rings is 4. The van der Waals surface area contributed by atoms with Crippen LogP contribution in [0, 0.1) is 59.5 Å². The molecule has 0 heterocycles. The quantitative estimate of drug-likeness (QED) is 0.289. The molecular formula is C32H16F2. The molecule has 158 valence electrons. The lowest BCUT2D eigenvalue weighted by Crippen LogP contribution is -1.86. The van der Waals surface area contributed by atoms with E-state index in [1.165, 1.54) is 12.1 Å². The normalized spacial score (nSPS) is 9.32. The van der Waals surface area contributed by atoms with E-state index in [4.69, 9.17) is 6.42 Å². The van der Waals surface area contributed by atoms with Gasteiger partial charge in [-0.05, 0) is 72.8 Å².